The fourth-order valence-corrected chi connectivity index (χ4v) is 3.21. The second-order valence-electron chi connectivity index (χ2n) is 4.89. The third-order valence-electron chi connectivity index (χ3n) is 4.16. The van der Waals surface area contributed by atoms with Gasteiger partial charge < -0.3 is 5.21 Å². The standard InChI is InChI=1S/C13H17NO/c15-14-9-7-13(8-10-14)6-5-11-3-1-2-4-12(11)13/h1-4,15H,5-10H2. The Balaban J connectivity index is 1.95. The SMILES string of the molecule is ON1CCC2(CCc3ccccc32)CC1. The predicted molar refractivity (Wildman–Crippen MR) is 59.0 cm³/mol. The van der Waals surface area contributed by atoms with Crippen molar-refractivity contribution < 1.29 is 5.21 Å². The van der Waals surface area contributed by atoms with E-state index in [1.54, 1.807) is 5.56 Å². The molecule has 0 amide bonds. The van der Waals surface area contributed by atoms with E-state index in [4.69, 9.17) is 0 Å². The summed E-state index contributed by atoms with van der Waals surface area (Å²) in [6.45, 7) is 1.66. The van der Waals surface area contributed by atoms with Crippen LogP contribution in [-0.4, -0.2) is 23.4 Å². The average molecular weight is 203 g/mol. The van der Waals surface area contributed by atoms with E-state index < -0.39 is 0 Å². The number of fused-ring (bicyclic) bond motifs is 2. The Hall–Kier alpha value is -0.860. The van der Waals surface area contributed by atoms with Crippen LogP contribution in [0.3, 0.4) is 0 Å². The maximum Gasteiger partial charge on any atom is 0.0246 e. The first-order chi connectivity index (χ1) is 7.30. The van der Waals surface area contributed by atoms with Gasteiger partial charge in [-0.3, -0.25) is 0 Å². The number of nitrogens with zero attached hydrogens (tertiary/aromatic N) is 1. The van der Waals surface area contributed by atoms with Crippen molar-refractivity contribution in [1.82, 2.24) is 5.06 Å². The molecule has 0 radical (unpaired) electrons. The van der Waals surface area contributed by atoms with Crippen LogP contribution in [0.4, 0.5) is 0 Å². The minimum Gasteiger partial charge on any atom is -0.314 e. The molecular weight excluding hydrogens is 186 g/mol. The highest BCUT2D eigenvalue weighted by Crippen LogP contribution is 2.45. The van der Waals surface area contributed by atoms with E-state index in [2.05, 4.69) is 24.3 Å². The molecular formula is C13H17NO. The maximum absolute atomic E-state index is 9.43. The summed E-state index contributed by atoms with van der Waals surface area (Å²) < 4.78 is 0. The Morgan fingerprint density at radius 2 is 1.80 bits per heavy atom. The molecule has 1 aromatic carbocycles. The first kappa shape index (κ1) is 9.37. The number of benzene rings is 1. The molecule has 0 aromatic heterocycles. The highest BCUT2D eigenvalue weighted by atomic mass is 16.5. The Labute approximate surface area is 90.5 Å². The molecule has 1 aliphatic heterocycles. The van der Waals surface area contributed by atoms with Gasteiger partial charge in [0.2, 0.25) is 0 Å². The highest BCUT2D eigenvalue weighted by molar-refractivity contribution is 5.39. The Bertz CT molecular complexity index is 367. The monoisotopic (exact) mass is 203 g/mol. The number of hydroxylamine groups is 2. The molecule has 1 aromatic rings. The van der Waals surface area contributed by atoms with Gasteiger partial charge in [-0.05, 0) is 42.2 Å². The van der Waals surface area contributed by atoms with E-state index in [0.717, 1.165) is 25.9 Å². The van der Waals surface area contributed by atoms with Crippen molar-refractivity contribution in [2.45, 2.75) is 31.1 Å². The minimum absolute atomic E-state index is 0.385. The smallest absolute Gasteiger partial charge is 0.0246 e. The van der Waals surface area contributed by atoms with Crippen molar-refractivity contribution in [2.75, 3.05) is 13.1 Å². The van der Waals surface area contributed by atoms with Crippen molar-refractivity contribution >= 4 is 0 Å². The van der Waals surface area contributed by atoms with Crippen molar-refractivity contribution in [2.24, 2.45) is 0 Å². The summed E-state index contributed by atoms with van der Waals surface area (Å²) in [7, 11) is 0. The number of hydrogen-bond acceptors (Lipinski definition) is 2. The molecule has 2 aliphatic rings. The van der Waals surface area contributed by atoms with Crippen molar-refractivity contribution in [3.05, 3.63) is 35.4 Å². The predicted octanol–water partition coefficient (Wildman–Crippen LogP) is 2.36. The van der Waals surface area contributed by atoms with E-state index in [1.807, 2.05) is 0 Å². The molecule has 2 heteroatoms. The zero-order chi connectivity index (χ0) is 10.3. The van der Waals surface area contributed by atoms with Crippen LogP contribution in [0.1, 0.15) is 30.4 Å². The van der Waals surface area contributed by atoms with Gasteiger partial charge in [-0.15, -0.1) is 0 Å². The van der Waals surface area contributed by atoms with Gasteiger partial charge in [0, 0.05) is 13.1 Å². The van der Waals surface area contributed by atoms with Gasteiger partial charge >= 0.3 is 0 Å². The molecule has 80 valence electrons. The molecule has 0 bridgehead atoms. The lowest BCUT2D eigenvalue weighted by Crippen LogP contribution is -2.39. The van der Waals surface area contributed by atoms with Gasteiger partial charge in [-0.1, -0.05) is 24.3 Å². The molecule has 1 N–H and O–H groups in total. The fraction of sp³-hybridized carbons (Fsp3) is 0.538. The summed E-state index contributed by atoms with van der Waals surface area (Å²) in [5.74, 6) is 0. The number of hydrogen-bond donors (Lipinski definition) is 1. The van der Waals surface area contributed by atoms with Crippen molar-refractivity contribution in [3.8, 4) is 0 Å². The second-order valence-corrected chi connectivity index (χ2v) is 4.89. The number of piperidine rings is 1. The lowest BCUT2D eigenvalue weighted by atomic mass is 9.74. The van der Waals surface area contributed by atoms with Gasteiger partial charge in [0.1, 0.15) is 0 Å². The van der Waals surface area contributed by atoms with Gasteiger partial charge in [-0.25, -0.2) is 0 Å². The first-order valence-electron chi connectivity index (χ1n) is 5.82. The van der Waals surface area contributed by atoms with Crippen LogP contribution in [0.15, 0.2) is 24.3 Å². The summed E-state index contributed by atoms with van der Waals surface area (Å²) >= 11 is 0. The van der Waals surface area contributed by atoms with Crippen molar-refractivity contribution in [3.63, 3.8) is 0 Å². The van der Waals surface area contributed by atoms with Gasteiger partial charge in [0.05, 0.1) is 0 Å². The maximum atomic E-state index is 9.43. The van der Waals surface area contributed by atoms with E-state index >= 15 is 0 Å². The second kappa shape index (κ2) is 3.32. The zero-order valence-electron chi connectivity index (χ0n) is 8.95. The lowest BCUT2D eigenvalue weighted by molar-refractivity contribution is -0.116. The molecule has 1 fully saturated rings. The fourth-order valence-electron chi connectivity index (χ4n) is 3.21. The van der Waals surface area contributed by atoms with E-state index in [-0.39, 0.29) is 0 Å². The number of rotatable bonds is 0. The molecule has 15 heavy (non-hydrogen) atoms. The van der Waals surface area contributed by atoms with E-state index in [9.17, 15) is 5.21 Å². The van der Waals surface area contributed by atoms with Crippen molar-refractivity contribution in [1.29, 1.82) is 0 Å². The molecule has 1 saturated heterocycles. The molecule has 2 nitrogen and oxygen atoms in total. The third kappa shape index (κ3) is 1.40. The molecule has 0 saturated carbocycles. The van der Waals surface area contributed by atoms with E-state index in [1.165, 1.54) is 23.5 Å². The van der Waals surface area contributed by atoms with Crippen LogP contribution in [0, 0.1) is 0 Å². The van der Waals surface area contributed by atoms with E-state index in [0.29, 0.717) is 5.41 Å². The topological polar surface area (TPSA) is 23.5 Å². The summed E-state index contributed by atoms with van der Waals surface area (Å²) in [4.78, 5) is 0. The quantitative estimate of drug-likeness (QED) is 0.699. The van der Waals surface area contributed by atoms with Crippen LogP contribution >= 0.6 is 0 Å². The Morgan fingerprint density at radius 3 is 2.60 bits per heavy atom. The molecule has 1 spiro atoms. The molecule has 1 heterocycles. The minimum atomic E-state index is 0.385. The largest absolute Gasteiger partial charge is 0.314 e. The summed E-state index contributed by atoms with van der Waals surface area (Å²) in [6.07, 6.45) is 4.73. The number of aryl methyl sites for hydroxylation is 1. The Kier molecular flexibility index (Phi) is 2.08. The lowest BCUT2D eigenvalue weighted by Gasteiger charge is -2.37. The molecule has 0 atom stereocenters. The van der Waals surface area contributed by atoms with Crippen LogP contribution < -0.4 is 0 Å². The normalized spacial score (nSPS) is 24.3. The first-order valence-corrected chi connectivity index (χ1v) is 5.82. The summed E-state index contributed by atoms with van der Waals surface area (Å²) in [6, 6.07) is 8.83. The Morgan fingerprint density at radius 1 is 1.07 bits per heavy atom. The molecule has 3 rings (SSSR count). The molecule has 0 unspecified atom stereocenters. The summed E-state index contributed by atoms with van der Waals surface area (Å²) in [5, 5.41) is 10.9. The molecule has 1 aliphatic carbocycles. The van der Waals surface area contributed by atoms with Crippen LogP contribution in [0.5, 0.6) is 0 Å². The van der Waals surface area contributed by atoms with Gasteiger partial charge in [-0.2, -0.15) is 5.06 Å². The third-order valence-corrected chi connectivity index (χ3v) is 4.16. The average Bonchev–Trinajstić information content (AvgIpc) is 2.63. The van der Waals surface area contributed by atoms with Crippen LogP contribution in [0.2, 0.25) is 0 Å². The zero-order valence-corrected chi connectivity index (χ0v) is 8.95. The van der Waals surface area contributed by atoms with Gasteiger partial charge in [0.15, 0.2) is 0 Å². The van der Waals surface area contributed by atoms with Crippen LogP contribution in [0.25, 0.3) is 0 Å². The summed E-state index contributed by atoms with van der Waals surface area (Å²) in [5.41, 5.74) is 3.47. The van der Waals surface area contributed by atoms with Gasteiger partial charge in [0.25, 0.3) is 0 Å². The van der Waals surface area contributed by atoms with Crippen LogP contribution in [-0.2, 0) is 11.8 Å². The highest BCUT2D eigenvalue weighted by Gasteiger charge is 2.40.